The molecule has 1 aromatic heterocycles. The molecule has 2 aliphatic rings. The van der Waals surface area contributed by atoms with E-state index in [4.69, 9.17) is 5.73 Å². The third kappa shape index (κ3) is 3.87. The molecule has 6 heteroatoms. The summed E-state index contributed by atoms with van der Waals surface area (Å²) in [5.74, 6) is 1.25. The number of nitrogens with two attached hydrogens (primary N) is 1. The van der Waals surface area contributed by atoms with Gasteiger partial charge in [0.15, 0.2) is 0 Å². The molecule has 1 aromatic carbocycles. The molecule has 2 aliphatic heterocycles. The fourth-order valence-electron chi connectivity index (χ4n) is 3.95. The van der Waals surface area contributed by atoms with Gasteiger partial charge in [-0.3, -0.25) is 4.90 Å². The van der Waals surface area contributed by atoms with Crippen molar-refractivity contribution in [1.29, 1.82) is 0 Å². The summed E-state index contributed by atoms with van der Waals surface area (Å²) in [6.45, 7) is 6.89. The van der Waals surface area contributed by atoms with Crippen LogP contribution in [-0.2, 0) is 6.54 Å². The topological polar surface area (TPSA) is 61.5 Å². The summed E-state index contributed by atoms with van der Waals surface area (Å²) in [4.78, 5) is 16.2. The van der Waals surface area contributed by atoms with Crippen molar-refractivity contribution in [2.75, 3.05) is 51.2 Å². The molecule has 0 saturated carbocycles. The maximum absolute atomic E-state index is 6.40. The quantitative estimate of drug-likeness (QED) is 0.891. The van der Waals surface area contributed by atoms with Crippen LogP contribution >= 0.6 is 0 Å². The molecule has 26 heavy (non-hydrogen) atoms. The fraction of sp³-hybridized carbons (Fsp3) is 0.500. The highest BCUT2D eigenvalue weighted by atomic mass is 15.3. The highest BCUT2D eigenvalue weighted by molar-refractivity contribution is 5.31. The molecule has 3 heterocycles. The van der Waals surface area contributed by atoms with Gasteiger partial charge in [-0.05, 0) is 12.6 Å². The van der Waals surface area contributed by atoms with Gasteiger partial charge in [-0.15, -0.1) is 0 Å². The van der Waals surface area contributed by atoms with E-state index in [-0.39, 0.29) is 6.04 Å². The molecular formula is C20H28N6. The number of piperazine rings is 1. The van der Waals surface area contributed by atoms with E-state index in [9.17, 15) is 0 Å². The fourth-order valence-corrected chi connectivity index (χ4v) is 3.95. The predicted octanol–water partition coefficient (Wildman–Crippen LogP) is 1.16. The Morgan fingerprint density at radius 2 is 1.69 bits per heavy atom. The minimum Gasteiger partial charge on any atom is -0.338 e. The lowest BCUT2D eigenvalue weighted by Gasteiger charge is -2.32. The van der Waals surface area contributed by atoms with Gasteiger partial charge in [0.1, 0.15) is 0 Å². The molecular weight excluding hydrogens is 324 g/mol. The van der Waals surface area contributed by atoms with Gasteiger partial charge in [0.05, 0.1) is 0 Å². The van der Waals surface area contributed by atoms with Crippen molar-refractivity contribution < 1.29 is 0 Å². The van der Waals surface area contributed by atoms with E-state index in [1.165, 1.54) is 5.56 Å². The molecule has 2 fully saturated rings. The third-order valence-corrected chi connectivity index (χ3v) is 5.55. The van der Waals surface area contributed by atoms with Gasteiger partial charge in [-0.2, -0.15) is 0 Å². The third-order valence-electron chi connectivity index (χ3n) is 5.55. The summed E-state index contributed by atoms with van der Waals surface area (Å²) in [5, 5.41) is 0. The van der Waals surface area contributed by atoms with Gasteiger partial charge in [0, 0.05) is 75.7 Å². The van der Waals surface area contributed by atoms with Gasteiger partial charge >= 0.3 is 0 Å². The predicted molar refractivity (Wildman–Crippen MR) is 104 cm³/mol. The summed E-state index contributed by atoms with van der Waals surface area (Å²) in [6.07, 6.45) is 3.95. The van der Waals surface area contributed by atoms with Crippen LogP contribution in [0.5, 0.6) is 0 Å². The summed E-state index contributed by atoms with van der Waals surface area (Å²) >= 11 is 0. The van der Waals surface area contributed by atoms with Gasteiger partial charge in [-0.25, -0.2) is 9.97 Å². The Morgan fingerprint density at radius 3 is 2.38 bits per heavy atom. The van der Waals surface area contributed by atoms with E-state index in [2.05, 4.69) is 62.0 Å². The second-order valence-corrected chi connectivity index (χ2v) is 7.56. The highest BCUT2D eigenvalue weighted by Crippen LogP contribution is 2.27. The first kappa shape index (κ1) is 17.4. The van der Waals surface area contributed by atoms with E-state index in [1.807, 2.05) is 12.4 Å². The lowest BCUT2D eigenvalue weighted by atomic mass is 9.95. The Kier molecular flexibility index (Phi) is 5.15. The van der Waals surface area contributed by atoms with Crippen LogP contribution in [0.4, 0.5) is 5.95 Å². The number of hydrogen-bond donors (Lipinski definition) is 1. The number of benzene rings is 1. The SMILES string of the molecule is CN1CCN(c2ncc(CN3C[C@@H](N)[C@H](c4ccccc4)C3)cn2)CC1. The van der Waals surface area contributed by atoms with Gasteiger partial charge in [0.25, 0.3) is 0 Å². The van der Waals surface area contributed by atoms with E-state index in [0.717, 1.165) is 57.3 Å². The molecule has 2 N–H and O–H groups in total. The maximum atomic E-state index is 6.40. The van der Waals surface area contributed by atoms with E-state index in [1.54, 1.807) is 0 Å². The van der Waals surface area contributed by atoms with Crippen LogP contribution < -0.4 is 10.6 Å². The van der Waals surface area contributed by atoms with Crippen molar-refractivity contribution >= 4 is 5.95 Å². The Balaban J connectivity index is 1.36. The second-order valence-electron chi connectivity index (χ2n) is 7.56. The van der Waals surface area contributed by atoms with Crippen molar-refractivity contribution in [3.8, 4) is 0 Å². The molecule has 4 rings (SSSR count). The lowest BCUT2D eigenvalue weighted by Crippen LogP contribution is -2.45. The van der Waals surface area contributed by atoms with Gasteiger partial charge < -0.3 is 15.5 Å². The van der Waals surface area contributed by atoms with E-state index >= 15 is 0 Å². The van der Waals surface area contributed by atoms with Crippen LogP contribution in [0.3, 0.4) is 0 Å². The normalized spacial score (nSPS) is 24.9. The van der Waals surface area contributed by atoms with Crippen LogP contribution in [0, 0.1) is 0 Å². The van der Waals surface area contributed by atoms with Crippen molar-refractivity contribution in [2.24, 2.45) is 5.73 Å². The lowest BCUT2D eigenvalue weighted by molar-refractivity contribution is 0.310. The first-order chi connectivity index (χ1) is 12.7. The Bertz CT molecular complexity index is 696. The molecule has 0 spiro atoms. The summed E-state index contributed by atoms with van der Waals surface area (Å²) in [6, 6.07) is 10.8. The van der Waals surface area contributed by atoms with Crippen molar-refractivity contribution in [1.82, 2.24) is 19.8 Å². The summed E-state index contributed by atoms with van der Waals surface area (Å²) < 4.78 is 0. The first-order valence-electron chi connectivity index (χ1n) is 9.46. The minimum atomic E-state index is 0.183. The average molecular weight is 352 g/mol. The standard InChI is InChI=1S/C20H28N6/c1-24-7-9-26(10-8-24)20-22-11-16(12-23-20)13-25-14-18(19(21)15-25)17-5-3-2-4-6-17/h2-6,11-12,18-19H,7-10,13-15,21H2,1H3/t18-,19+/m0/s1. The zero-order valence-electron chi connectivity index (χ0n) is 15.5. The maximum Gasteiger partial charge on any atom is 0.225 e. The number of likely N-dealkylation sites (tertiary alicyclic amines) is 1. The molecule has 2 atom stereocenters. The Labute approximate surface area is 155 Å². The molecule has 0 aliphatic carbocycles. The number of aromatic nitrogens is 2. The first-order valence-corrected chi connectivity index (χ1v) is 9.46. The zero-order chi connectivity index (χ0) is 17.9. The van der Waals surface area contributed by atoms with Crippen LogP contribution in [0.15, 0.2) is 42.7 Å². The van der Waals surface area contributed by atoms with Crippen molar-refractivity contribution in [3.63, 3.8) is 0 Å². The van der Waals surface area contributed by atoms with Crippen LogP contribution in [-0.4, -0.2) is 72.1 Å². The average Bonchev–Trinajstić information content (AvgIpc) is 3.04. The number of hydrogen-bond acceptors (Lipinski definition) is 6. The largest absolute Gasteiger partial charge is 0.338 e. The zero-order valence-corrected chi connectivity index (χ0v) is 15.5. The van der Waals surface area contributed by atoms with Gasteiger partial charge in [-0.1, -0.05) is 30.3 Å². The van der Waals surface area contributed by atoms with Crippen molar-refractivity contribution in [2.45, 2.75) is 18.5 Å². The summed E-state index contributed by atoms with van der Waals surface area (Å²) in [5.41, 5.74) is 8.90. The molecule has 0 amide bonds. The molecule has 2 saturated heterocycles. The molecule has 2 aromatic rings. The van der Waals surface area contributed by atoms with Gasteiger partial charge in [0.2, 0.25) is 5.95 Å². The van der Waals surface area contributed by atoms with Crippen LogP contribution in [0.25, 0.3) is 0 Å². The highest BCUT2D eigenvalue weighted by Gasteiger charge is 2.31. The Hall–Kier alpha value is -2.02. The van der Waals surface area contributed by atoms with Crippen molar-refractivity contribution in [3.05, 3.63) is 53.9 Å². The molecule has 0 unspecified atom stereocenters. The monoisotopic (exact) mass is 352 g/mol. The number of nitrogens with zero attached hydrogens (tertiary/aromatic N) is 5. The molecule has 6 nitrogen and oxygen atoms in total. The van der Waals surface area contributed by atoms with E-state index in [0.29, 0.717) is 5.92 Å². The summed E-state index contributed by atoms with van der Waals surface area (Å²) in [7, 11) is 2.16. The molecule has 138 valence electrons. The Morgan fingerprint density at radius 1 is 1.00 bits per heavy atom. The smallest absolute Gasteiger partial charge is 0.225 e. The van der Waals surface area contributed by atoms with Crippen LogP contribution in [0.1, 0.15) is 17.0 Å². The number of anilines is 1. The molecule has 0 radical (unpaired) electrons. The molecule has 0 bridgehead atoms. The minimum absolute atomic E-state index is 0.183. The second kappa shape index (κ2) is 7.70. The van der Waals surface area contributed by atoms with Crippen LogP contribution in [0.2, 0.25) is 0 Å². The number of rotatable bonds is 4. The number of likely N-dealkylation sites (N-methyl/N-ethyl adjacent to an activating group) is 1. The van der Waals surface area contributed by atoms with E-state index < -0.39 is 0 Å².